The van der Waals surface area contributed by atoms with E-state index in [2.05, 4.69) is 4.74 Å². The van der Waals surface area contributed by atoms with E-state index >= 15 is 0 Å². The predicted octanol–water partition coefficient (Wildman–Crippen LogP) is 0.598. The molecule has 1 N–H and O–H groups in total. The normalized spacial score (nSPS) is 15.1. The van der Waals surface area contributed by atoms with E-state index in [9.17, 15) is 26.7 Å². The molecule has 0 heterocycles. The summed E-state index contributed by atoms with van der Waals surface area (Å²) in [6, 6.07) is 0. The van der Waals surface area contributed by atoms with Crippen molar-refractivity contribution in [3.8, 4) is 0 Å². The summed E-state index contributed by atoms with van der Waals surface area (Å²) in [4.78, 5) is 0. The monoisotopic (exact) mass is 293 g/mol. The lowest BCUT2D eigenvalue weighted by molar-refractivity contribution is -0.134. The van der Waals surface area contributed by atoms with Crippen LogP contribution >= 0.6 is 0 Å². The van der Waals surface area contributed by atoms with Crippen LogP contribution in [0.1, 0.15) is 12.8 Å². The van der Waals surface area contributed by atoms with Gasteiger partial charge in [-0.05, 0) is 6.42 Å². The van der Waals surface area contributed by atoms with Gasteiger partial charge in [0.25, 0.3) is 0 Å². The van der Waals surface area contributed by atoms with Crippen molar-refractivity contribution in [3.05, 3.63) is 0 Å². The average Bonchev–Trinajstić information content (AvgIpc) is 2.15. The van der Waals surface area contributed by atoms with Crippen molar-refractivity contribution in [2.75, 3.05) is 33.1 Å². The highest BCUT2D eigenvalue weighted by Gasteiger charge is 2.28. The molecular formula is C9H18F3NO4S. The fourth-order valence-corrected chi connectivity index (χ4v) is 2.49. The second-order valence-corrected chi connectivity index (χ2v) is 6.12. The van der Waals surface area contributed by atoms with Gasteiger partial charge in [0.2, 0.25) is 10.0 Å². The number of halogens is 3. The number of sulfonamides is 1. The second-order valence-electron chi connectivity index (χ2n) is 3.92. The summed E-state index contributed by atoms with van der Waals surface area (Å²) < 4.78 is 64.2. The van der Waals surface area contributed by atoms with Crippen LogP contribution in [0.25, 0.3) is 0 Å². The Bertz CT molecular complexity index is 331. The lowest BCUT2D eigenvalue weighted by atomic mass is 10.3. The van der Waals surface area contributed by atoms with Crippen LogP contribution in [0.5, 0.6) is 0 Å². The summed E-state index contributed by atoms with van der Waals surface area (Å²) in [5.74, 6) is -0.595. The highest BCUT2D eigenvalue weighted by molar-refractivity contribution is 7.89. The molecule has 9 heteroatoms. The van der Waals surface area contributed by atoms with E-state index in [0.29, 0.717) is 0 Å². The van der Waals surface area contributed by atoms with E-state index in [1.54, 1.807) is 0 Å². The highest BCUT2D eigenvalue weighted by Crippen LogP contribution is 2.21. The van der Waals surface area contributed by atoms with E-state index in [1.165, 1.54) is 14.2 Å². The largest absolute Gasteiger partial charge is 0.389 e. The Kier molecular flexibility index (Phi) is 7.11. The first-order valence-corrected chi connectivity index (χ1v) is 6.87. The van der Waals surface area contributed by atoms with Gasteiger partial charge in [-0.25, -0.2) is 12.7 Å². The van der Waals surface area contributed by atoms with E-state index in [-0.39, 0.29) is 13.2 Å². The Hall–Kier alpha value is -0.380. The zero-order valence-electron chi connectivity index (χ0n) is 10.3. The van der Waals surface area contributed by atoms with Crippen LogP contribution in [-0.2, 0) is 14.8 Å². The van der Waals surface area contributed by atoms with Crippen molar-refractivity contribution >= 4 is 10.0 Å². The molecule has 0 rings (SSSR count). The number of aliphatic hydroxyl groups excluding tert-OH is 1. The van der Waals surface area contributed by atoms with Gasteiger partial charge in [-0.3, -0.25) is 0 Å². The van der Waals surface area contributed by atoms with Crippen LogP contribution in [0.4, 0.5) is 13.2 Å². The molecule has 18 heavy (non-hydrogen) atoms. The number of hydrogen-bond donors (Lipinski definition) is 1. The Balaban J connectivity index is 4.20. The number of methoxy groups -OCH3 is 1. The number of rotatable bonds is 8. The number of alkyl halides is 3. The molecule has 0 saturated carbocycles. The first-order chi connectivity index (χ1) is 8.08. The molecule has 0 aromatic heterocycles. The smallest absolute Gasteiger partial charge is 0.389 e. The molecule has 0 fully saturated rings. The molecule has 1 atom stereocenters. The third kappa shape index (κ3) is 7.85. The lowest BCUT2D eigenvalue weighted by Crippen LogP contribution is -2.37. The zero-order chi connectivity index (χ0) is 14.4. The van der Waals surface area contributed by atoms with Crippen molar-refractivity contribution in [2.24, 2.45) is 0 Å². The molecule has 110 valence electrons. The molecule has 5 nitrogen and oxygen atoms in total. The summed E-state index contributed by atoms with van der Waals surface area (Å²) in [7, 11) is -1.22. The van der Waals surface area contributed by atoms with Gasteiger partial charge in [-0.2, -0.15) is 13.2 Å². The maximum Gasteiger partial charge on any atom is 0.389 e. The highest BCUT2D eigenvalue weighted by atomic mass is 32.2. The summed E-state index contributed by atoms with van der Waals surface area (Å²) >= 11 is 0. The van der Waals surface area contributed by atoms with Crippen molar-refractivity contribution in [1.29, 1.82) is 0 Å². The van der Waals surface area contributed by atoms with Crippen LogP contribution in [0, 0.1) is 0 Å². The Morgan fingerprint density at radius 3 is 2.39 bits per heavy atom. The predicted molar refractivity (Wildman–Crippen MR) is 59.6 cm³/mol. The molecular weight excluding hydrogens is 275 g/mol. The van der Waals surface area contributed by atoms with Crippen LogP contribution in [0.2, 0.25) is 0 Å². The molecule has 0 aromatic rings. The Morgan fingerprint density at radius 2 is 1.94 bits per heavy atom. The van der Waals surface area contributed by atoms with Gasteiger partial charge in [-0.15, -0.1) is 0 Å². The van der Waals surface area contributed by atoms with Gasteiger partial charge in [0.05, 0.1) is 18.5 Å². The molecule has 0 aromatic carbocycles. The number of aliphatic hydroxyl groups is 1. The summed E-state index contributed by atoms with van der Waals surface area (Å²) in [5, 5.41) is 9.33. The standard InChI is InChI=1S/C9H18F3NO4S/c1-13(6-8(14)7-17-2)18(15,16)5-3-4-9(10,11)12/h8,14H,3-7H2,1-2H3. The van der Waals surface area contributed by atoms with E-state index in [0.717, 1.165) is 4.31 Å². The van der Waals surface area contributed by atoms with E-state index < -0.39 is 40.9 Å². The van der Waals surface area contributed by atoms with Crippen LogP contribution in [0.15, 0.2) is 0 Å². The average molecular weight is 293 g/mol. The minimum Gasteiger partial charge on any atom is -0.389 e. The topological polar surface area (TPSA) is 66.8 Å². The zero-order valence-corrected chi connectivity index (χ0v) is 11.1. The lowest BCUT2D eigenvalue weighted by Gasteiger charge is -2.20. The quantitative estimate of drug-likeness (QED) is 0.711. The summed E-state index contributed by atoms with van der Waals surface area (Å²) in [6.45, 7) is -0.245. The van der Waals surface area contributed by atoms with Crippen LogP contribution in [0.3, 0.4) is 0 Å². The molecule has 0 saturated heterocycles. The molecule has 0 spiro atoms. The third-order valence-corrected chi connectivity index (χ3v) is 4.07. The molecule has 0 aliphatic heterocycles. The Morgan fingerprint density at radius 1 is 1.39 bits per heavy atom. The van der Waals surface area contributed by atoms with Crippen molar-refractivity contribution in [2.45, 2.75) is 25.1 Å². The first-order valence-electron chi connectivity index (χ1n) is 5.26. The molecule has 0 amide bonds. The van der Waals surface area contributed by atoms with Gasteiger partial charge in [0.15, 0.2) is 0 Å². The first kappa shape index (κ1) is 17.6. The molecule has 0 aliphatic carbocycles. The van der Waals surface area contributed by atoms with Crippen molar-refractivity contribution in [1.82, 2.24) is 4.31 Å². The summed E-state index contributed by atoms with van der Waals surface area (Å²) in [6.07, 6.45) is -6.99. The number of hydrogen-bond acceptors (Lipinski definition) is 4. The van der Waals surface area contributed by atoms with Gasteiger partial charge >= 0.3 is 6.18 Å². The third-order valence-electron chi connectivity index (χ3n) is 2.16. The molecule has 0 bridgehead atoms. The fourth-order valence-electron chi connectivity index (χ4n) is 1.27. The van der Waals surface area contributed by atoms with Crippen LogP contribution < -0.4 is 0 Å². The number of ether oxygens (including phenoxy) is 1. The van der Waals surface area contributed by atoms with Gasteiger partial charge in [-0.1, -0.05) is 0 Å². The maximum atomic E-state index is 11.9. The maximum absolute atomic E-state index is 11.9. The van der Waals surface area contributed by atoms with Crippen molar-refractivity contribution in [3.63, 3.8) is 0 Å². The molecule has 0 radical (unpaired) electrons. The van der Waals surface area contributed by atoms with Crippen LogP contribution in [-0.4, -0.2) is 63.2 Å². The van der Waals surface area contributed by atoms with E-state index in [1.807, 2.05) is 0 Å². The SMILES string of the molecule is COCC(O)CN(C)S(=O)(=O)CCCC(F)(F)F. The Labute approximate surface area is 105 Å². The summed E-state index contributed by atoms with van der Waals surface area (Å²) in [5.41, 5.74) is 0. The minimum atomic E-state index is -4.36. The molecule has 0 aliphatic rings. The van der Waals surface area contributed by atoms with E-state index in [4.69, 9.17) is 0 Å². The van der Waals surface area contributed by atoms with Crippen molar-refractivity contribution < 1.29 is 31.4 Å². The second kappa shape index (κ2) is 7.27. The fraction of sp³-hybridized carbons (Fsp3) is 1.00. The minimum absolute atomic E-state index is 0.0393. The van der Waals surface area contributed by atoms with Gasteiger partial charge in [0, 0.05) is 27.1 Å². The van der Waals surface area contributed by atoms with Gasteiger partial charge in [0.1, 0.15) is 0 Å². The molecule has 1 unspecified atom stereocenters. The number of likely N-dealkylation sites (N-methyl/N-ethyl adjacent to an activating group) is 1. The number of nitrogens with zero attached hydrogens (tertiary/aromatic N) is 1. The van der Waals surface area contributed by atoms with Gasteiger partial charge < -0.3 is 9.84 Å².